The highest BCUT2D eigenvalue weighted by molar-refractivity contribution is 7.26. The number of benzene rings is 2. The molecule has 2 aromatic carbocycles. The van der Waals surface area contributed by atoms with Gasteiger partial charge in [0, 0.05) is 15.5 Å². The molecule has 2 heterocycles. The van der Waals surface area contributed by atoms with Gasteiger partial charge in [-0.2, -0.15) is 0 Å². The maximum atomic E-state index is 2.23. The Morgan fingerprint density at radius 2 is 1.77 bits per heavy atom. The lowest BCUT2D eigenvalue weighted by atomic mass is 10.1. The zero-order valence-corrected chi connectivity index (χ0v) is 15.5. The third kappa shape index (κ3) is 2.44. The molecule has 2 aromatic heterocycles. The molecule has 0 radical (unpaired) electrons. The molecule has 22 heavy (non-hydrogen) atoms. The first-order chi connectivity index (χ1) is 10.2. The van der Waals surface area contributed by atoms with Crippen molar-refractivity contribution in [2.24, 2.45) is 0 Å². The minimum Gasteiger partial charge on any atom is -1.00 e. The minimum absolute atomic E-state index is 0. The van der Waals surface area contributed by atoms with E-state index in [2.05, 4.69) is 84.2 Å². The largest absolute Gasteiger partial charge is 1.00 e. The van der Waals surface area contributed by atoms with Gasteiger partial charge >= 0.3 is 0 Å². The van der Waals surface area contributed by atoms with Crippen molar-refractivity contribution in [3.05, 3.63) is 61.2 Å². The number of fused-ring (bicyclic) bond motifs is 3. The molecule has 4 heteroatoms. The fourth-order valence-electron chi connectivity index (χ4n) is 2.75. The number of halogens is 1. The van der Waals surface area contributed by atoms with E-state index < -0.39 is 0 Å². The van der Waals surface area contributed by atoms with E-state index in [1.165, 1.54) is 25.9 Å². The zero-order chi connectivity index (χ0) is 14.4. The lowest BCUT2D eigenvalue weighted by Gasteiger charge is -1.99. The molecule has 0 bridgehead atoms. The Morgan fingerprint density at radius 3 is 2.55 bits per heavy atom. The van der Waals surface area contributed by atoms with Crippen LogP contribution in [0.3, 0.4) is 0 Å². The average molecular weight is 420 g/mol. The second-order valence-electron chi connectivity index (χ2n) is 5.61. The summed E-state index contributed by atoms with van der Waals surface area (Å²) in [5.74, 6) is 0. The van der Waals surface area contributed by atoms with Gasteiger partial charge in [0.2, 0.25) is 6.33 Å². The highest BCUT2D eigenvalue weighted by Crippen LogP contribution is 2.36. The summed E-state index contributed by atoms with van der Waals surface area (Å²) in [4.78, 5) is 0. The van der Waals surface area contributed by atoms with Crippen LogP contribution in [0.1, 0.15) is 19.9 Å². The van der Waals surface area contributed by atoms with E-state index in [9.17, 15) is 0 Å². The zero-order valence-electron chi connectivity index (χ0n) is 12.5. The summed E-state index contributed by atoms with van der Waals surface area (Å²) in [6, 6.07) is 15.7. The highest BCUT2D eigenvalue weighted by atomic mass is 127. The molecular formula is C18H17IN2S. The van der Waals surface area contributed by atoms with E-state index >= 15 is 0 Å². The van der Waals surface area contributed by atoms with Gasteiger partial charge in [-0.25, -0.2) is 9.13 Å². The van der Waals surface area contributed by atoms with Crippen molar-refractivity contribution in [2.75, 3.05) is 0 Å². The summed E-state index contributed by atoms with van der Waals surface area (Å²) in [6.45, 7) is 4.40. The molecule has 2 nitrogen and oxygen atoms in total. The molecular weight excluding hydrogens is 403 g/mol. The number of hydrogen-bond acceptors (Lipinski definition) is 1. The van der Waals surface area contributed by atoms with Crippen molar-refractivity contribution in [1.82, 2.24) is 4.57 Å². The van der Waals surface area contributed by atoms with Crippen LogP contribution in [0.2, 0.25) is 0 Å². The van der Waals surface area contributed by atoms with E-state index in [1.54, 1.807) is 0 Å². The SMILES string of the molecule is CC(C)[n+]1ccn(-c2cccc3c2sc2ccccc23)c1.[I-]. The van der Waals surface area contributed by atoms with Gasteiger partial charge < -0.3 is 24.0 Å². The molecule has 0 aliphatic rings. The van der Waals surface area contributed by atoms with Crippen LogP contribution in [0.25, 0.3) is 25.9 Å². The molecule has 0 aliphatic heterocycles. The van der Waals surface area contributed by atoms with Crippen LogP contribution in [0.15, 0.2) is 61.2 Å². The number of aromatic nitrogens is 2. The number of nitrogens with zero attached hydrogens (tertiary/aromatic N) is 2. The van der Waals surface area contributed by atoms with E-state index in [0.717, 1.165) is 0 Å². The van der Waals surface area contributed by atoms with Gasteiger partial charge in [-0.15, -0.1) is 11.3 Å². The fraction of sp³-hybridized carbons (Fsp3) is 0.167. The molecule has 112 valence electrons. The van der Waals surface area contributed by atoms with Crippen LogP contribution in [-0.4, -0.2) is 4.57 Å². The third-order valence-electron chi connectivity index (χ3n) is 3.92. The smallest absolute Gasteiger partial charge is 0.249 e. The molecule has 0 spiro atoms. The lowest BCUT2D eigenvalue weighted by molar-refractivity contribution is -0.715. The second kappa shape index (κ2) is 6.01. The predicted octanol–water partition coefficient (Wildman–Crippen LogP) is 1.72. The fourth-order valence-corrected chi connectivity index (χ4v) is 3.97. The topological polar surface area (TPSA) is 8.81 Å². The molecule has 0 unspecified atom stereocenters. The number of thiophene rings is 1. The Labute approximate surface area is 151 Å². The highest BCUT2D eigenvalue weighted by Gasteiger charge is 2.14. The molecule has 0 aliphatic carbocycles. The molecule has 4 rings (SSSR count). The standard InChI is InChI=1S/C18H17N2S.HI/c1-13(2)19-10-11-20(12-19)16-8-5-7-15-14-6-3-4-9-17(14)21-18(15)16;/h3-13H,1-2H3;1H/q+1;/p-1. The van der Waals surface area contributed by atoms with Gasteiger partial charge in [0.1, 0.15) is 18.1 Å². The summed E-state index contributed by atoms with van der Waals surface area (Å²) in [5, 5.41) is 2.70. The quantitative estimate of drug-likeness (QED) is 0.345. The number of rotatable bonds is 2. The van der Waals surface area contributed by atoms with E-state index in [0.29, 0.717) is 6.04 Å². The van der Waals surface area contributed by atoms with Gasteiger partial charge in [0.15, 0.2) is 0 Å². The van der Waals surface area contributed by atoms with Crippen LogP contribution in [0, 0.1) is 0 Å². The molecule has 4 aromatic rings. The maximum absolute atomic E-state index is 2.23. The summed E-state index contributed by atoms with van der Waals surface area (Å²) >= 11 is 1.87. The van der Waals surface area contributed by atoms with E-state index in [1.807, 2.05) is 11.3 Å². The molecule has 0 atom stereocenters. The Balaban J connectivity index is 0.00000144. The van der Waals surface area contributed by atoms with Crippen LogP contribution in [-0.2, 0) is 0 Å². The first-order valence-electron chi connectivity index (χ1n) is 7.23. The lowest BCUT2D eigenvalue weighted by Crippen LogP contribution is -3.00. The number of hydrogen-bond donors (Lipinski definition) is 0. The normalized spacial score (nSPS) is 11.2. The van der Waals surface area contributed by atoms with Gasteiger partial charge in [0.25, 0.3) is 0 Å². The summed E-state index contributed by atoms with van der Waals surface area (Å²) in [7, 11) is 0. The first-order valence-corrected chi connectivity index (χ1v) is 8.05. The first kappa shape index (κ1) is 15.5. The van der Waals surface area contributed by atoms with Gasteiger partial charge in [-0.1, -0.05) is 30.3 Å². The van der Waals surface area contributed by atoms with Crippen molar-refractivity contribution in [3.63, 3.8) is 0 Å². The summed E-state index contributed by atoms with van der Waals surface area (Å²) < 4.78 is 7.15. The predicted molar refractivity (Wildman–Crippen MR) is 89.2 cm³/mol. The van der Waals surface area contributed by atoms with Crippen molar-refractivity contribution in [2.45, 2.75) is 19.9 Å². The Morgan fingerprint density at radius 1 is 1.00 bits per heavy atom. The number of imidazole rings is 1. The van der Waals surface area contributed by atoms with Crippen LogP contribution in [0.5, 0.6) is 0 Å². The van der Waals surface area contributed by atoms with Gasteiger partial charge in [-0.05, 0) is 26.0 Å². The van der Waals surface area contributed by atoms with Crippen LogP contribution >= 0.6 is 11.3 Å². The maximum Gasteiger partial charge on any atom is 0.249 e. The summed E-state index contributed by atoms with van der Waals surface area (Å²) in [6.07, 6.45) is 6.44. The molecule has 0 fully saturated rings. The third-order valence-corrected chi connectivity index (χ3v) is 5.12. The Hall–Kier alpha value is -1.40. The van der Waals surface area contributed by atoms with Crippen molar-refractivity contribution in [3.8, 4) is 5.69 Å². The molecule has 0 saturated heterocycles. The van der Waals surface area contributed by atoms with Crippen LogP contribution < -0.4 is 28.5 Å². The van der Waals surface area contributed by atoms with E-state index in [-0.39, 0.29) is 24.0 Å². The molecule has 0 amide bonds. The van der Waals surface area contributed by atoms with Gasteiger partial charge in [0.05, 0.1) is 10.7 Å². The molecule has 0 saturated carbocycles. The molecule has 0 N–H and O–H groups in total. The minimum atomic E-state index is 0. The van der Waals surface area contributed by atoms with E-state index in [4.69, 9.17) is 0 Å². The summed E-state index contributed by atoms with van der Waals surface area (Å²) in [5.41, 5.74) is 1.26. The van der Waals surface area contributed by atoms with Crippen LogP contribution in [0.4, 0.5) is 0 Å². The monoisotopic (exact) mass is 420 g/mol. The average Bonchev–Trinajstić information content (AvgIpc) is 3.11. The Bertz CT molecular complexity index is 936. The van der Waals surface area contributed by atoms with Crippen molar-refractivity contribution < 1.29 is 28.5 Å². The van der Waals surface area contributed by atoms with Crippen molar-refractivity contribution in [1.29, 1.82) is 0 Å². The Kier molecular flexibility index (Phi) is 4.23. The second-order valence-corrected chi connectivity index (χ2v) is 6.67. The van der Waals surface area contributed by atoms with Gasteiger partial charge in [-0.3, -0.25) is 0 Å². The van der Waals surface area contributed by atoms with Crippen molar-refractivity contribution >= 4 is 31.5 Å².